The molecule has 8 nitrogen and oxygen atoms in total. The number of rotatable bonds is 7. The molecule has 33 heavy (non-hydrogen) atoms. The maximum absolute atomic E-state index is 13.3. The third-order valence-electron chi connectivity index (χ3n) is 5.68. The molecule has 1 aromatic carbocycles. The van der Waals surface area contributed by atoms with Crippen molar-refractivity contribution in [2.75, 3.05) is 36.2 Å². The summed E-state index contributed by atoms with van der Waals surface area (Å²) in [6, 6.07) is 7.11. The molecule has 0 radical (unpaired) electrons. The molecular weight excluding hydrogens is 458 g/mol. The first-order valence-corrected chi connectivity index (χ1v) is 12.9. The summed E-state index contributed by atoms with van der Waals surface area (Å²) >= 11 is 2.67. The number of nitrogens with one attached hydrogen (secondary N) is 1. The second-order valence-corrected chi connectivity index (χ2v) is 10.5. The van der Waals surface area contributed by atoms with E-state index in [0.29, 0.717) is 26.9 Å². The fraction of sp³-hybridized carbons (Fsp3) is 0.478. The fourth-order valence-corrected chi connectivity index (χ4v) is 5.69. The predicted molar refractivity (Wildman–Crippen MR) is 135 cm³/mol. The van der Waals surface area contributed by atoms with Crippen LogP contribution in [0.3, 0.4) is 0 Å². The van der Waals surface area contributed by atoms with Gasteiger partial charge < -0.3 is 15.0 Å². The molecule has 0 bridgehead atoms. The number of piperidine rings is 1. The smallest absolute Gasteiger partial charge is 0.274 e. The first-order valence-electron chi connectivity index (χ1n) is 11.1. The van der Waals surface area contributed by atoms with Crippen molar-refractivity contribution in [3.8, 4) is 5.75 Å². The third kappa shape index (κ3) is 5.33. The van der Waals surface area contributed by atoms with Crippen molar-refractivity contribution in [1.82, 2.24) is 14.5 Å². The van der Waals surface area contributed by atoms with Crippen LogP contribution in [0.15, 0.2) is 34.2 Å². The van der Waals surface area contributed by atoms with E-state index in [1.165, 1.54) is 23.1 Å². The Hall–Kier alpha value is -2.59. The number of thioether (sulfide) groups is 1. The molecular formula is C23H29N5O3S2. The summed E-state index contributed by atoms with van der Waals surface area (Å²) in [4.78, 5) is 37.5. The zero-order valence-corrected chi connectivity index (χ0v) is 21.0. The third-order valence-corrected chi connectivity index (χ3v) is 7.72. The standard InChI is InChI=1S/C23H29N5O3S2/c1-14(2)28-21(30)19-20(25-22(33-19)27-10-8-15(3)9-11-27)26-23(28)32-13-18(29)24-16-6-5-7-17(12-16)31-4/h5-7,12,14-15H,8-11,13H2,1-4H3,(H,24,29). The highest BCUT2D eigenvalue weighted by molar-refractivity contribution is 7.99. The average Bonchev–Trinajstić information content (AvgIpc) is 3.22. The lowest BCUT2D eigenvalue weighted by molar-refractivity contribution is -0.113. The average molecular weight is 488 g/mol. The Morgan fingerprint density at radius 2 is 2.06 bits per heavy atom. The maximum Gasteiger partial charge on any atom is 0.274 e. The zero-order valence-electron chi connectivity index (χ0n) is 19.3. The summed E-state index contributed by atoms with van der Waals surface area (Å²) in [5.41, 5.74) is 1.02. The Morgan fingerprint density at radius 3 is 2.76 bits per heavy atom. The van der Waals surface area contributed by atoms with Crippen LogP contribution in [-0.2, 0) is 4.79 Å². The van der Waals surface area contributed by atoms with E-state index in [-0.39, 0.29) is 23.3 Å². The Labute approximate surface area is 201 Å². The van der Waals surface area contributed by atoms with Crippen molar-refractivity contribution >= 4 is 50.2 Å². The summed E-state index contributed by atoms with van der Waals surface area (Å²) in [6.07, 6.45) is 2.26. The second-order valence-electron chi connectivity index (χ2n) is 8.55. The quantitative estimate of drug-likeness (QED) is 0.390. The van der Waals surface area contributed by atoms with Crippen LogP contribution in [0.1, 0.15) is 39.7 Å². The second kappa shape index (κ2) is 10.1. The zero-order chi connectivity index (χ0) is 23.5. The van der Waals surface area contributed by atoms with Crippen molar-refractivity contribution in [2.45, 2.75) is 44.8 Å². The maximum atomic E-state index is 13.3. The van der Waals surface area contributed by atoms with E-state index < -0.39 is 0 Å². The van der Waals surface area contributed by atoms with Crippen molar-refractivity contribution in [1.29, 1.82) is 0 Å². The number of carbonyl (C=O) groups excluding carboxylic acids is 1. The number of thiazole rings is 1. The van der Waals surface area contributed by atoms with Crippen molar-refractivity contribution in [3.63, 3.8) is 0 Å². The minimum Gasteiger partial charge on any atom is -0.497 e. The molecule has 176 valence electrons. The van der Waals surface area contributed by atoms with Gasteiger partial charge in [-0.3, -0.25) is 14.2 Å². The monoisotopic (exact) mass is 487 g/mol. The predicted octanol–water partition coefficient (Wildman–Crippen LogP) is 4.41. The van der Waals surface area contributed by atoms with Gasteiger partial charge in [0.25, 0.3) is 5.56 Å². The van der Waals surface area contributed by atoms with Crippen molar-refractivity contribution in [3.05, 3.63) is 34.6 Å². The highest BCUT2D eigenvalue weighted by Gasteiger charge is 2.23. The molecule has 0 aliphatic carbocycles. The Balaban J connectivity index is 1.55. The summed E-state index contributed by atoms with van der Waals surface area (Å²) < 4.78 is 7.43. The molecule has 0 unspecified atom stereocenters. The van der Waals surface area contributed by atoms with E-state index in [9.17, 15) is 9.59 Å². The van der Waals surface area contributed by atoms with Gasteiger partial charge in [0.2, 0.25) is 5.91 Å². The van der Waals surface area contributed by atoms with Crippen LogP contribution in [0.4, 0.5) is 10.8 Å². The van der Waals surface area contributed by atoms with Gasteiger partial charge in [0.05, 0.1) is 12.9 Å². The molecule has 1 N–H and O–H groups in total. The molecule has 1 fully saturated rings. The van der Waals surface area contributed by atoms with Gasteiger partial charge in [-0.1, -0.05) is 36.1 Å². The Morgan fingerprint density at radius 1 is 1.30 bits per heavy atom. The molecule has 3 heterocycles. The molecule has 1 aliphatic heterocycles. The van der Waals surface area contributed by atoms with E-state index in [4.69, 9.17) is 9.72 Å². The first kappa shape index (κ1) is 23.6. The number of fused-ring (bicyclic) bond motifs is 1. The van der Waals surface area contributed by atoms with Gasteiger partial charge >= 0.3 is 0 Å². The van der Waals surface area contributed by atoms with Crippen LogP contribution in [0.2, 0.25) is 0 Å². The lowest BCUT2D eigenvalue weighted by Crippen LogP contribution is -2.32. The van der Waals surface area contributed by atoms with E-state index >= 15 is 0 Å². The minimum absolute atomic E-state index is 0.0836. The summed E-state index contributed by atoms with van der Waals surface area (Å²) in [7, 11) is 1.58. The van der Waals surface area contributed by atoms with Crippen LogP contribution in [0, 0.1) is 5.92 Å². The number of carbonyl (C=O) groups is 1. The molecule has 10 heteroatoms. The molecule has 0 atom stereocenters. The summed E-state index contributed by atoms with van der Waals surface area (Å²) in [5, 5.41) is 4.23. The van der Waals surface area contributed by atoms with E-state index in [2.05, 4.69) is 22.1 Å². The van der Waals surface area contributed by atoms with Crippen molar-refractivity contribution < 1.29 is 9.53 Å². The molecule has 3 aromatic rings. The number of benzene rings is 1. The Kier molecular flexibility index (Phi) is 7.23. The highest BCUT2D eigenvalue weighted by atomic mass is 32.2. The first-order chi connectivity index (χ1) is 15.9. The topological polar surface area (TPSA) is 89.3 Å². The molecule has 1 amide bonds. The van der Waals surface area contributed by atoms with Gasteiger partial charge in [-0.2, -0.15) is 4.98 Å². The number of anilines is 2. The number of ether oxygens (including phenoxy) is 1. The molecule has 0 spiro atoms. The van der Waals surface area contributed by atoms with Crippen LogP contribution in [-0.4, -0.2) is 46.4 Å². The number of nitrogens with zero attached hydrogens (tertiary/aromatic N) is 4. The SMILES string of the molecule is COc1cccc(NC(=O)CSc2nc3nc(N4CCC(C)CC4)sc3c(=O)n2C(C)C)c1. The number of methoxy groups -OCH3 is 1. The van der Waals surface area contributed by atoms with Gasteiger partial charge in [0, 0.05) is 30.9 Å². The van der Waals surface area contributed by atoms with E-state index in [1.807, 2.05) is 26.0 Å². The number of hydrogen-bond donors (Lipinski definition) is 1. The lowest BCUT2D eigenvalue weighted by Gasteiger charge is -2.29. The van der Waals surface area contributed by atoms with E-state index in [1.54, 1.807) is 23.8 Å². The molecule has 4 rings (SSSR count). The summed E-state index contributed by atoms with van der Waals surface area (Å²) in [5.74, 6) is 1.34. The fourth-order valence-electron chi connectivity index (χ4n) is 3.78. The van der Waals surface area contributed by atoms with Crippen LogP contribution < -0.4 is 20.5 Å². The number of aromatic nitrogens is 3. The van der Waals surface area contributed by atoms with Gasteiger partial charge in [-0.05, 0) is 44.7 Å². The van der Waals surface area contributed by atoms with Crippen molar-refractivity contribution in [2.24, 2.45) is 5.92 Å². The summed E-state index contributed by atoms with van der Waals surface area (Å²) in [6.45, 7) is 8.07. The number of hydrogen-bond acceptors (Lipinski definition) is 8. The number of amides is 1. The minimum atomic E-state index is -0.181. The van der Waals surface area contributed by atoms with Gasteiger partial charge in [-0.25, -0.2) is 4.98 Å². The van der Waals surface area contributed by atoms with E-state index in [0.717, 1.165) is 37.0 Å². The Bertz CT molecular complexity index is 1200. The van der Waals surface area contributed by atoms with Crippen LogP contribution in [0.25, 0.3) is 10.3 Å². The van der Waals surface area contributed by atoms with Gasteiger partial charge in [0.15, 0.2) is 15.9 Å². The highest BCUT2D eigenvalue weighted by Crippen LogP contribution is 2.31. The van der Waals surface area contributed by atoms with Gasteiger partial charge in [0.1, 0.15) is 10.4 Å². The lowest BCUT2D eigenvalue weighted by atomic mass is 10.00. The molecule has 2 aromatic heterocycles. The molecule has 1 aliphatic rings. The largest absolute Gasteiger partial charge is 0.497 e. The van der Waals surface area contributed by atoms with Crippen LogP contribution in [0.5, 0.6) is 5.75 Å². The molecule has 1 saturated heterocycles. The van der Waals surface area contributed by atoms with Gasteiger partial charge in [-0.15, -0.1) is 0 Å². The normalized spacial score (nSPS) is 14.8. The molecule has 0 saturated carbocycles. The van der Waals surface area contributed by atoms with Crippen LogP contribution >= 0.6 is 23.1 Å².